The molecule has 1 aromatic carbocycles. The molecule has 0 spiro atoms. The number of benzene rings is 1. The molecule has 0 saturated carbocycles. The van der Waals surface area contributed by atoms with Gasteiger partial charge in [0.05, 0.1) is 6.54 Å². The zero-order valence-electron chi connectivity index (χ0n) is 15.9. The molecule has 2 aliphatic heterocycles. The molecule has 27 heavy (non-hydrogen) atoms. The Kier molecular flexibility index (Phi) is 6.06. The summed E-state index contributed by atoms with van der Waals surface area (Å²) in [5, 5.41) is 3.08. The molecule has 3 rings (SSSR count). The summed E-state index contributed by atoms with van der Waals surface area (Å²) in [6, 6.07) is 3.83. The SMILES string of the molecule is CC1(C)CN(C(=O)CN2CCC(CNC(=O)c3cc(F)cc(Cl)c3)CC2)C1. The number of piperidine rings is 1. The molecule has 148 valence electrons. The standard InChI is InChI=1S/C20H27ClFN3O2/c1-20(2)12-25(13-20)18(26)11-24-5-3-14(4-6-24)10-23-19(27)15-7-16(21)9-17(22)8-15/h7-9,14H,3-6,10-13H2,1-2H3,(H,23,27). The van der Waals surface area contributed by atoms with Crippen LogP contribution < -0.4 is 5.32 Å². The third kappa shape index (κ3) is 5.42. The number of carbonyl (C=O) groups is 2. The van der Waals surface area contributed by atoms with Crippen LogP contribution >= 0.6 is 11.6 Å². The molecule has 0 unspecified atom stereocenters. The van der Waals surface area contributed by atoms with E-state index in [4.69, 9.17) is 11.6 Å². The number of rotatable bonds is 5. The van der Waals surface area contributed by atoms with Crippen LogP contribution in [-0.4, -0.2) is 60.9 Å². The third-order valence-corrected chi connectivity index (χ3v) is 5.55. The normalized spacial score (nSPS) is 20.2. The number of carbonyl (C=O) groups excluding carboxylic acids is 2. The molecule has 2 fully saturated rings. The average molecular weight is 396 g/mol. The van der Waals surface area contributed by atoms with Crippen LogP contribution in [0.25, 0.3) is 0 Å². The minimum atomic E-state index is -0.517. The van der Waals surface area contributed by atoms with Gasteiger partial charge in [0, 0.05) is 30.2 Å². The van der Waals surface area contributed by atoms with E-state index in [9.17, 15) is 14.0 Å². The van der Waals surface area contributed by atoms with Gasteiger partial charge in [0.15, 0.2) is 0 Å². The summed E-state index contributed by atoms with van der Waals surface area (Å²) in [5.41, 5.74) is 0.493. The summed E-state index contributed by atoms with van der Waals surface area (Å²) >= 11 is 5.80. The van der Waals surface area contributed by atoms with Crippen molar-refractivity contribution in [2.24, 2.45) is 11.3 Å². The highest BCUT2D eigenvalue weighted by molar-refractivity contribution is 6.31. The number of nitrogens with zero attached hydrogens (tertiary/aromatic N) is 2. The summed E-state index contributed by atoms with van der Waals surface area (Å²) in [6.07, 6.45) is 1.87. The van der Waals surface area contributed by atoms with Gasteiger partial charge in [-0.1, -0.05) is 25.4 Å². The summed E-state index contributed by atoms with van der Waals surface area (Å²) in [5.74, 6) is -0.248. The van der Waals surface area contributed by atoms with Crippen LogP contribution in [0.3, 0.4) is 0 Å². The van der Waals surface area contributed by atoms with Crippen molar-refractivity contribution in [3.8, 4) is 0 Å². The lowest BCUT2D eigenvalue weighted by Crippen LogP contribution is -2.57. The molecular weight excluding hydrogens is 369 g/mol. The van der Waals surface area contributed by atoms with Crippen molar-refractivity contribution in [3.63, 3.8) is 0 Å². The summed E-state index contributed by atoms with van der Waals surface area (Å²) in [6.45, 7) is 8.79. The summed E-state index contributed by atoms with van der Waals surface area (Å²) < 4.78 is 13.4. The molecule has 2 aliphatic rings. The average Bonchev–Trinajstić information content (AvgIpc) is 2.57. The maximum absolute atomic E-state index is 13.4. The van der Waals surface area contributed by atoms with E-state index >= 15 is 0 Å². The lowest BCUT2D eigenvalue weighted by molar-refractivity contribution is -0.143. The van der Waals surface area contributed by atoms with Gasteiger partial charge >= 0.3 is 0 Å². The van der Waals surface area contributed by atoms with Crippen LogP contribution in [0.15, 0.2) is 18.2 Å². The maximum Gasteiger partial charge on any atom is 0.251 e. The Bertz CT molecular complexity index is 689. The number of nitrogens with one attached hydrogen (secondary N) is 1. The maximum atomic E-state index is 13.4. The Balaban J connectivity index is 1.38. The number of halogens is 2. The second kappa shape index (κ2) is 8.15. The molecule has 2 heterocycles. The van der Waals surface area contributed by atoms with Crippen molar-refractivity contribution >= 4 is 23.4 Å². The van der Waals surface area contributed by atoms with Gasteiger partial charge in [-0.3, -0.25) is 14.5 Å². The lowest BCUT2D eigenvalue weighted by Gasteiger charge is -2.46. The first kappa shape index (κ1) is 20.1. The molecule has 2 amide bonds. The smallest absolute Gasteiger partial charge is 0.251 e. The highest BCUT2D eigenvalue weighted by Crippen LogP contribution is 2.28. The zero-order valence-corrected chi connectivity index (χ0v) is 16.7. The fourth-order valence-electron chi connectivity index (χ4n) is 3.83. The predicted octanol–water partition coefficient (Wildman–Crippen LogP) is 2.79. The van der Waals surface area contributed by atoms with Gasteiger partial charge in [-0.25, -0.2) is 4.39 Å². The van der Waals surface area contributed by atoms with E-state index < -0.39 is 5.82 Å². The molecule has 7 heteroatoms. The first-order chi connectivity index (χ1) is 12.7. The molecular formula is C20H27ClFN3O2. The van der Waals surface area contributed by atoms with Gasteiger partial charge in [-0.15, -0.1) is 0 Å². The van der Waals surface area contributed by atoms with Crippen LogP contribution in [0.4, 0.5) is 4.39 Å². The van der Waals surface area contributed by atoms with Crippen molar-refractivity contribution < 1.29 is 14.0 Å². The Hall–Kier alpha value is -1.66. The summed E-state index contributed by atoms with van der Waals surface area (Å²) in [4.78, 5) is 28.6. The van der Waals surface area contributed by atoms with Crippen LogP contribution in [0.1, 0.15) is 37.0 Å². The predicted molar refractivity (Wildman–Crippen MR) is 103 cm³/mol. The molecule has 0 atom stereocenters. The number of likely N-dealkylation sites (tertiary alicyclic amines) is 2. The van der Waals surface area contributed by atoms with Gasteiger partial charge in [0.1, 0.15) is 5.82 Å². The Morgan fingerprint density at radius 2 is 1.89 bits per heavy atom. The van der Waals surface area contributed by atoms with Gasteiger partial charge < -0.3 is 10.2 Å². The van der Waals surface area contributed by atoms with Gasteiger partial charge in [0.2, 0.25) is 5.91 Å². The topological polar surface area (TPSA) is 52.7 Å². The molecule has 0 bridgehead atoms. The second-order valence-corrected chi connectivity index (χ2v) is 8.94. The molecule has 0 radical (unpaired) electrons. The van der Waals surface area contributed by atoms with Crippen molar-refractivity contribution in [1.82, 2.24) is 15.1 Å². The minimum Gasteiger partial charge on any atom is -0.352 e. The molecule has 1 N–H and O–H groups in total. The van der Waals surface area contributed by atoms with Crippen molar-refractivity contribution in [1.29, 1.82) is 0 Å². The Morgan fingerprint density at radius 1 is 1.22 bits per heavy atom. The largest absolute Gasteiger partial charge is 0.352 e. The van der Waals surface area contributed by atoms with E-state index in [1.165, 1.54) is 18.2 Å². The number of hydrogen-bond donors (Lipinski definition) is 1. The Morgan fingerprint density at radius 3 is 2.48 bits per heavy atom. The van der Waals surface area contributed by atoms with Gasteiger partial charge in [-0.2, -0.15) is 0 Å². The molecule has 5 nitrogen and oxygen atoms in total. The summed E-state index contributed by atoms with van der Waals surface area (Å²) in [7, 11) is 0. The zero-order chi connectivity index (χ0) is 19.6. The van der Waals surface area contributed by atoms with Crippen molar-refractivity contribution in [2.75, 3.05) is 39.3 Å². The van der Waals surface area contributed by atoms with E-state index in [0.29, 0.717) is 19.0 Å². The monoisotopic (exact) mass is 395 g/mol. The first-order valence-electron chi connectivity index (χ1n) is 9.46. The van der Waals surface area contributed by atoms with Gasteiger partial charge in [-0.05, 0) is 55.5 Å². The van der Waals surface area contributed by atoms with E-state index in [-0.39, 0.29) is 27.8 Å². The third-order valence-electron chi connectivity index (χ3n) is 5.33. The highest BCUT2D eigenvalue weighted by Gasteiger charge is 2.37. The van der Waals surface area contributed by atoms with Crippen LogP contribution in [0, 0.1) is 17.2 Å². The van der Waals surface area contributed by atoms with E-state index in [1.54, 1.807) is 0 Å². The quantitative estimate of drug-likeness (QED) is 0.834. The highest BCUT2D eigenvalue weighted by atomic mass is 35.5. The number of hydrogen-bond acceptors (Lipinski definition) is 3. The first-order valence-corrected chi connectivity index (χ1v) is 9.84. The fraction of sp³-hybridized carbons (Fsp3) is 0.600. The van der Waals surface area contributed by atoms with E-state index in [0.717, 1.165) is 39.0 Å². The fourth-order valence-corrected chi connectivity index (χ4v) is 4.05. The van der Waals surface area contributed by atoms with E-state index in [2.05, 4.69) is 24.1 Å². The lowest BCUT2D eigenvalue weighted by atomic mass is 9.84. The molecule has 0 aromatic heterocycles. The molecule has 0 aliphatic carbocycles. The molecule has 1 aromatic rings. The Labute approximate surface area is 164 Å². The van der Waals surface area contributed by atoms with Crippen LogP contribution in [0.2, 0.25) is 5.02 Å². The van der Waals surface area contributed by atoms with Crippen molar-refractivity contribution in [3.05, 3.63) is 34.6 Å². The van der Waals surface area contributed by atoms with E-state index in [1.807, 2.05) is 4.90 Å². The van der Waals surface area contributed by atoms with Crippen LogP contribution in [0.5, 0.6) is 0 Å². The van der Waals surface area contributed by atoms with Crippen LogP contribution in [-0.2, 0) is 4.79 Å². The molecule has 2 saturated heterocycles. The minimum absolute atomic E-state index is 0.212. The van der Waals surface area contributed by atoms with Gasteiger partial charge in [0.25, 0.3) is 5.91 Å². The number of amides is 2. The second-order valence-electron chi connectivity index (χ2n) is 8.50. The van der Waals surface area contributed by atoms with Crippen molar-refractivity contribution in [2.45, 2.75) is 26.7 Å².